The van der Waals surface area contributed by atoms with E-state index in [9.17, 15) is 0 Å². The lowest BCUT2D eigenvalue weighted by molar-refractivity contribution is -0.0983. The van der Waals surface area contributed by atoms with Crippen LogP contribution in [-0.4, -0.2) is 26.9 Å². The van der Waals surface area contributed by atoms with Crippen molar-refractivity contribution in [2.24, 2.45) is 0 Å². The van der Waals surface area contributed by atoms with Crippen LogP contribution in [-0.2, 0) is 4.74 Å². The first-order valence-corrected chi connectivity index (χ1v) is 6.60. The zero-order valence-electron chi connectivity index (χ0n) is 11.1. The minimum absolute atomic E-state index is 0.0897. The van der Waals surface area contributed by atoms with E-state index in [2.05, 4.69) is 5.32 Å². The molecule has 100 valence electrons. The van der Waals surface area contributed by atoms with E-state index >= 15 is 0 Å². The number of likely N-dealkylation sites (N-methyl/N-ethyl adjacent to an activating group) is 1. The maximum atomic E-state index is 6.06. The quantitative estimate of drug-likeness (QED) is 0.891. The van der Waals surface area contributed by atoms with Crippen LogP contribution in [0.3, 0.4) is 0 Å². The molecule has 1 atom stereocenters. The van der Waals surface area contributed by atoms with E-state index in [4.69, 9.17) is 21.1 Å². The van der Waals surface area contributed by atoms with Gasteiger partial charge >= 0.3 is 0 Å². The van der Waals surface area contributed by atoms with Crippen LogP contribution in [0.5, 0.6) is 5.75 Å². The van der Waals surface area contributed by atoms with Crippen LogP contribution >= 0.6 is 11.6 Å². The van der Waals surface area contributed by atoms with Gasteiger partial charge in [0.15, 0.2) is 0 Å². The summed E-state index contributed by atoms with van der Waals surface area (Å²) in [5, 5.41) is 3.99. The Morgan fingerprint density at radius 1 is 1.33 bits per heavy atom. The first-order chi connectivity index (χ1) is 8.66. The normalized spacial score (nSPS) is 19.1. The van der Waals surface area contributed by atoms with Crippen LogP contribution in [0.2, 0.25) is 5.02 Å². The molecular formula is C14H20ClNO2. The molecule has 1 aromatic rings. The Labute approximate surface area is 113 Å². The number of benzene rings is 1. The third-order valence-corrected chi connectivity index (χ3v) is 4.24. The molecule has 0 saturated heterocycles. The van der Waals surface area contributed by atoms with Crippen LogP contribution in [0.15, 0.2) is 18.2 Å². The Morgan fingerprint density at radius 3 is 2.50 bits per heavy atom. The molecule has 1 aliphatic carbocycles. The van der Waals surface area contributed by atoms with E-state index in [1.54, 1.807) is 14.2 Å². The van der Waals surface area contributed by atoms with Gasteiger partial charge in [0.1, 0.15) is 5.75 Å². The van der Waals surface area contributed by atoms with E-state index in [1.807, 2.05) is 25.2 Å². The van der Waals surface area contributed by atoms with Crippen molar-refractivity contribution in [3.8, 4) is 5.75 Å². The van der Waals surface area contributed by atoms with Gasteiger partial charge in [-0.25, -0.2) is 0 Å². The van der Waals surface area contributed by atoms with Gasteiger partial charge in [0.2, 0.25) is 0 Å². The highest BCUT2D eigenvalue weighted by atomic mass is 35.5. The fraction of sp³-hybridized carbons (Fsp3) is 0.571. The third kappa shape index (κ3) is 2.22. The Morgan fingerprint density at radius 2 is 2.06 bits per heavy atom. The smallest absolute Gasteiger partial charge is 0.137 e. The molecule has 1 N–H and O–H groups in total. The van der Waals surface area contributed by atoms with Crippen LogP contribution in [0.4, 0.5) is 0 Å². The molecule has 0 bridgehead atoms. The van der Waals surface area contributed by atoms with Gasteiger partial charge in [-0.1, -0.05) is 17.7 Å². The molecule has 0 spiro atoms. The molecule has 0 heterocycles. The fourth-order valence-electron chi connectivity index (χ4n) is 2.73. The molecule has 3 nitrogen and oxygen atoms in total. The van der Waals surface area contributed by atoms with Crippen LogP contribution in [0.1, 0.15) is 30.9 Å². The highest BCUT2D eigenvalue weighted by Gasteiger charge is 2.44. The monoisotopic (exact) mass is 269 g/mol. The number of hydrogen-bond donors (Lipinski definition) is 1. The summed E-state index contributed by atoms with van der Waals surface area (Å²) in [4.78, 5) is 0. The lowest BCUT2D eigenvalue weighted by atomic mass is 9.72. The second-order valence-corrected chi connectivity index (χ2v) is 5.15. The first-order valence-electron chi connectivity index (χ1n) is 6.22. The van der Waals surface area contributed by atoms with Crippen molar-refractivity contribution in [3.63, 3.8) is 0 Å². The van der Waals surface area contributed by atoms with Gasteiger partial charge in [0.25, 0.3) is 0 Å². The Bertz CT molecular complexity index is 413. The van der Waals surface area contributed by atoms with E-state index in [-0.39, 0.29) is 11.6 Å². The van der Waals surface area contributed by atoms with Crippen molar-refractivity contribution in [2.45, 2.75) is 30.9 Å². The van der Waals surface area contributed by atoms with Gasteiger partial charge < -0.3 is 14.8 Å². The number of nitrogens with one attached hydrogen (secondary N) is 1. The molecular weight excluding hydrogens is 250 g/mol. The molecule has 1 aromatic carbocycles. The lowest BCUT2D eigenvalue weighted by Crippen LogP contribution is -2.49. The summed E-state index contributed by atoms with van der Waals surface area (Å²) in [5.74, 6) is 0.708. The van der Waals surface area contributed by atoms with Crippen molar-refractivity contribution in [1.82, 2.24) is 5.32 Å². The van der Waals surface area contributed by atoms with Crippen molar-refractivity contribution >= 4 is 11.6 Å². The molecule has 1 aliphatic rings. The summed E-state index contributed by atoms with van der Waals surface area (Å²) in [6.45, 7) is 0. The average Bonchev–Trinajstić information content (AvgIpc) is 2.34. The fourth-order valence-corrected chi connectivity index (χ4v) is 2.92. The van der Waals surface area contributed by atoms with Crippen molar-refractivity contribution in [1.29, 1.82) is 0 Å². The average molecular weight is 270 g/mol. The van der Waals surface area contributed by atoms with E-state index in [0.29, 0.717) is 10.8 Å². The maximum absolute atomic E-state index is 6.06. The van der Waals surface area contributed by atoms with Crippen molar-refractivity contribution in [3.05, 3.63) is 28.8 Å². The summed E-state index contributed by atoms with van der Waals surface area (Å²) in [7, 11) is 5.39. The number of halogens is 1. The highest BCUT2D eigenvalue weighted by molar-refractivity contribution is 6.32. The van der Waals surface area contributed by atoms with Gasteiger partial charge in [0.05, 0.1) is 23.8 Å². The SMILES string of the molecule is CNC(c1ccc(Cl)c(OC)c1)C1(OC)CCC1. The highest BCUT2D eigenvalue weighted by Crippen LogP contribution is 2.45. The Balaban J connectivity index is 2.32. The van der Waals surface area contributed by atoms with Crippen LogP contribution < -0.4 is 10.1 Å². The largest absolute Gasteiger partial charge is 0.495 e. The topological polar surface area (TPSA) is 30.5 Å². The van der Waals surface area contributed by atoms with Crippen molar-refractivity contribution < 1.29 is 9.47 Å². The minimum Gasteiger partial charge on any atom is -0.495 e. The standard InChI is InChI=1S/C14H20ClNO2/c1-16-13(14(18-3)7-4-8-14)10-5-6-11(15)12(9-10)17-2/h5-6,9,13,16H,4,7-8H2,1-3H3. The summed E-state index contributed by atoms with van der Waals surface area (Å²) >= 11 is 6.06. The van der Waals surface area contributed by atoms with E-state index < -0.39 is 0 Å². The molecule has 0 aliphatic heterocycles. The van der Waals surface area contributed by atoms with E-state index in [1.165, 1.54) is 6.42 Å². The molecule has 18 heavy (non-hydrogen) atoms. The Kier molecular flexibility index (Phi) is 4.15. The molecule has 0 amide bonds. The predicted molar refractivity (Wildman–Crippen MR) is 73.4 cm³/mol. The summed E-state index contributed by atoms with van der Waals surface area (Å²) in [6, 6.07) is 6.07. The summed E-state index contributed by atoms with van der Waals surface area (Å²) in [5.41, 5.74) is 1.06. The number of methoxy groups -OCH3 is 2. The van der Waals surface area contributed by atoms with E-state index in [0.717, 1.165) is 18.4 Å². The summed E-state index contributed by atoms with van der Waals surface area (Å²) < 4.78 is 11.0. The predicted octanol–water partition coefficient (Wildman–Crippen LogP) is 3.18. The summed E-state index contributed by atoms with van der Waals surface area (Å²) in [6.07, 6.45) is 3.39. The minimum atomic E-state index is -0.0897. The zero-order valence-corrected chi connectivity index (χ0v) is 11.9. The van der Waals surface area contributed by atoms with Gasteiger partial charge in [-0.15, -0.1) is 0 Å². The number of ether oxygens (including phenoxy) is 2. The second kappa shape index (κ2) is 5.47. The lowest BCUT2D eigenvalue weighted by Gasteiger charge is -2.46. The molecule has 0 aromatic heterocycles. The van der Waals surface area contributed by atoms with Gasteiger partial charge in [-0.05, 0) is 44.0 Å². The Hall–Kier alpha value is -0.770. The number of rotatable bonds is 5. The molecule has 1 saturated carbocycles. The maximum Gasteiger partial charge on any atom is 0.137 e. The molecule has 2 rings (SSSR count). The first kappa shape index (κ1) is 13.7. The molecule has 1 unspecified atom stereocenters. The van der Waals surface area contributed by atoms with Gasteiger partial charge in [-0.3, -0.25) is 0 Å². The molecule has 1 fully saturated rings. The van der Waals surface area contributed by atoms with Crippen LogP contribution in [0.25, 0.3) is 0 Å². The zero-order chi connectivity index (χ0) is 13.2. The molecule has 4 heteroatoms. The van der Waals surface area contributed by atoms with Gasteiger partial charge in [0, 0.05) is 7.11 Å². The number of hydrogen-bond acceptors (Lipinski definition) is 3. The van der Waals surface area contributed by atoms with Gasteiger partial charge in [-0.2, -0.15) is 0 Å². The second-order valence-electron chi connectivity index (χ2n) is 4.74. The third-order valence-electron chi connectivity index (χ3n) is 3.93. The molecule has 0 radical (unpaired) electrons. The van der Waals surface area contributed by atoms with Crippen molar-refractivity contribution in [2.75, 3.05) is 21.3 Å². The van der Waals surface area contributed by atoms with Crippen LogP contribution in [0, 0.1) is 0 Å².